The number of carbonyl (C=O) groups excluding carboxylic acids is 1. The number of nitrogens with zero attached hydrogens (tertiary/aromatic N) is 2. The van der Waals surface area contributed by atoms with E-state index in [1.807, 2.05) is 49.2 Å². The summed E-state index contributed by atoms with van der Waals surface area (Å²) in [6, 6.07) is 17.1. The van der Waals surface area contributed by atoms with Gasteiger partial charge in [-0.15, -0.1) is 0 Å². The van der Waals surface area contributed by atoms with E-state index in [0.717, 1.165) is 49.4 Å². The second kappa shape index (κ2) is 10.5. The first-order valence-corrected chi connectivity index (χ1v) is 12.7. The number of likely N-dealkylation sites (tertiary alicyclic amines) is 2. The molecule has 2 aromatic carbocycles. The summed E-state index contributed by atoms with van der Waals surface area (Å²) in [6.45, 7) is 5.15. The van der Waals surface area contributed by atoms with Crippen LogP contribution in [0, 0.1) is 11.6 Å². The van der Waals surface area contributed by atoms with Crippen molar-refractivity contribution in [3.8, 4) is 0 Å². The molecule has 1 amide bonds. The lowest BCUT2D eigenvalue weighted by molar-refractivity contribution is 0.0672. The van der Waals surface area contributed by atoms with Crippen LogP contribution in [0.25, 0.3) is 0 Å². The fourth-order valence-electron chi connectivity index (χ4n) is 5.60. The molecule has 3 aromatic rings. The Morgan fingerprint density at radius 2 is 1.61 bits per heavy atom. The molecule has 5 nitrogen and oxygen atoms in total. The maximum atomic E-state index is 13.6. The summed E-state index contributed by atoms with van der Waals surface area (Å²) < 4.78 is 32.8. The Kier molecular flexibility index (Phi) is 7.21. The molecule has 0 spiro atoms. The molecule has 1 aromatic heterocycles. The Morgan fingerprint density at radius 3 is 2.25 bits per heavy atom. The van der Waals surface area contributed by atoms with Crippen molar-refractivity contribution in [3.05, 3.63) is 94.9 Å². The monoisotopic (exact) mass is 493 g/mol. The van der Waals surface area contributed by atoms with Gasteiger partial charge in [0.05, 0.1) is 6.04 Å². The smallest absolute Gasteiger partial charge is 0.289 e. The second-order valence-corrected chi connectivity index (χ2v) is 10.1. The van der Waals surface area contributed by atoms with Crippen molar-refractivity contribution in [2.75, 3.05) is 33.2 Å². The molecule has 4 unspecified atom stereocenters. The molecule has 0 saturated carbocycles. The molecule has 2 aliphatic rings. The van der Waals surface area contributed by atoms with Crippen LogP contribution in [0.15, 0.2) is 65.1 Å². The first kappa shape index (κ1) is 24.7. The van der Waals surface area contributed by atoms with Gasteiger partial charge in [-0.25, -0.2) is 8.78 Å². The standard InChI is InChI=1S/C29H33F2N3O2/c1-19(32-2)27-11-12-28(36-27)29(35)34-17-23(21-5-9-25(31)10-6-21)15-26(34)18-33-14-13-22(16-33)20-3-7-24(30)8-4-20/h3-12,19,22-23,26,32H,13-18H2,1-2H3. The van der Waals surface area contributed by atoms with Gasteiger partial charge in [0.25, 0.3) is 5.91 Å². The molecule has 3 heterocycles. The number of hydrogen-bond donors (Lipinski definition) is 1. The predicted octanol–water partition coefficient (Wildman–Crippen LogP) is 5.33. The largest absolute Gasteiger partial charge is 0.454 e. The van der Waals surface area contributed by atoms with Gasteiger partial charge in [-0.1, -0.05) is 24.3 Å². The summed E-state index contributed by atoms with van der Waals surface area (Å²) in [7, 11) is 1.85. The van der Waals surface area contributed by atoms with Crippen molar-refractivity contribution in [1.82, 2.24) is 15.1 Å². The molecule has 190 valence electrons. The second-order valence-electron chi connectivity index (χ2n) is 10.1. The van der Waals surface area contributed by atoms with Gasteiger partial charge in [-0.05, 0) is 86.8 Å². The van der Waals surface area contributed by atoms with E-state index in [-0.39, 0.29) is 35.5 Å². The molecule has 0 radical (unpaired) electrons. The maximum absolute atomic E-state index is 13.6. The predicted molar refractivity (Wildman–Crippen MR) is 135 cm³/mol. The van der Waals surface area contributed by atoms with Crippen LogP contribution in [0.4, 0.5) is 8.78 Å². The van der Waals surface area contributed by atoms with Gasteiger partial charge in [0, 0.05) is 31.6 Å². The first-order valence-electron chi connectivity index (χ1n) is 12.7. The Labute approximate surface area is 211 Å². The average Bonchev–Trinajstić information content (AvgIpc) is 3.65. The number of carbonyl (C=O) groups is 1. The van der Waals surface area contributed by atoms with Crippen molar-refractivity contribution in [3.63, 3.8) is 0 Å². The lowest BCUT2D eigenvalue weighted by atomic mass is 9.96. The number of benzene rings is 2. The van der Waals surface area contributed by atoms with Crippen molar-refractivity contribution in [1.29, 1.82) is 0 Å². The third-order valence-corrected chi connectivity index (χ3v) is 7.80. The number of hydrogen-bond acceptors (Lipinski definition) is 4. The van der Waals surface area contributed by atoms with E-state index in [9.17, 15) is 13.6 Å². The van der Waals surface area contributed by atoms with Crippen molar-refractivity contribution in [2.45, 2.75) is 43.7 Å². The lowest BCUT2D eigenvalue weighted by Gasteiger charge is -2.28. The highest BCUT2D eigenvalue weighted by Crippen LogP contribution is 2.35. The molecule has 7 heteroatoms. The van der Waals surface area contributed by atoms with Crippen LogP contribution in [0.2, 0.25) is 0 Å². The Balaban J connectivity index is 1.33. The van der Waals surface area contributed by atoms with E-state index in [1.165, 1.54) is 24.3 Å². The first-order chi connectivity index (χ1) is 17.4. The highest BCUT2D eigenvalue weighted by atomic mass is 19.1. The molecule has 36 heavy (non-hydrogen) atoms. The van der Waals surface area contributed by atoms with Crippen molar-refractivity contribution in [2.24, 2.45) is 0 Å². The minimum Gasteiger partial charge on any atom is -0.454 e. The Morgan fingerprint density at radius 1 is 0.972 bits per heavy atom. The minimum absolute atomic E-state index is 0.0147. The molecular formula is C29H33F2N3O2. The van der Waals surface area contributed by atoms with Crippen LogP contribution in [0.1, 0.15) is 65.1 Å². The Hall–Kier alpha value is -3.03. The van der Waals surface area contributed by atoms with E-state index < -0.39 is 0 Å². The average molecular weight is 494 g/mol. The molecule has 0 aliphatic carbocycles. The van der Waals surface area contributed by atoms with Gasteiger partial charge in [0.1, 0.15) is 17.4 Å². The summed E-state index contributed by atoms with van der Waals surface area (Å²) in [5.41, 5.74) is 2.20. The highest BCUT2D eigenvalue weighted by molar-refractivity contribution is 5.92. The summed E-state index contributed by atoms with van der Waals surface area (Å²) >= 11 is 0. The maximum Gasteiger partial charge on any atom is 0.289 e. The SMILES string of the molecule is CNC(C)c1ccc(C(=O)N2CC(c3ccc(F)cc3)CC2CN2CCC(c3ccc(F)cc3)C2)o1. The number of rotatable bonds is 7. The van der Waals surface area contributed by atoms with Crippen LogP contribution in [0.5, 0.6) is 0 Å². The minimum atomic E-state index is -0.258. The molecule has 4 atom stereocenters. The molecule has 0 bridgehead atoms. The van der Waals surface area contributed by atoms with Crippen LogP contribution in [-0.2, 0) is 0 Å². The van der Waals surface area contributed by atoms with Crippen LogP contribution < -0.4 is 5.32 Å². The van der Waals surface area contributed by atoms with Crippen LogP contribution >= 0.6 is 0 Å². The van der Waals surface area contributed by atoms with Gasteiger partial charge >= 0.3 is 0 Å². The van der Waals surface area contributed by atoms with Crippen molar-refractivity contribution < 1.29 is 18.0 Å². The normalized spacial score (nSPS) is 23.3. The van der Waals surface area contributed by atoms with E-state index in [4.69, 9.17) is 4.42 Å². The molecule has 2 aliphatic heterocycles. The summed E-state index contributed by atoms with van der Waals surface area (Å²) in [5, 5.41) is 3.14. The topological polar surface area (TPSA) is 48.7 Å². The van der Waals surface area contributed by atoms with E-state index >= 15 is 0 Å². The van der Waals surface area contributed by atoms with E-state index in [2.05, 4.69) is 10.2 Å². The molecule has 2 fully saturated rings. The lowest BCUT2D eigenvalue weighted by Crippen LogP contribution is -2.42. The van der Waals surface area contributed by atoms with Gasteiger partial charge in [0.15, 0.2) is 5.76 Å². The molecule has 2 saturated heterocycles. The zero-order valence-electron chi connectivity index (χ0n) is 20.8. The quantitative estimate of drug-likeness (QED) is 0.484. The van der Waals surface area contributed by atoms with Crippen LogP contribution in [-0.4, -0.2) is 55.0 Å². The fourth-order valence-corrected chi connectivity index (χ4v) is 5.60. The zero-order valence-corrected chi connectivity index (χ0v) is 20.8. The van der Waals surface area contributed by atoms with Crippen LogP contribution in [0.3, 0.4) is 0 Å². The molecule has 1 N–H and O–H groups in total. The highest BCUT2D eigenvalue weighted by Gasteiger charge is 2.39. The number of halogens is 2. The summed E-state index contributed by atoms with van der Waals surface area (Å²) in [6.07, 6.45) is 1.83. The van der Waals surface area contributed by atoms with Crippen molar-refractivity contribution >= 4 is 5.91 Å². The third-order valence-electron chi connectivity index (χ3n) is 7.80. The third kappa shape index (κ3) is 5.22. The summed E-state index contributed by atoms with van der Waals surface area (Å²) in [4.78, 5) is 17.9. The van der Waals surface area contributed by atoms with Gasteiger partial charge in [0.2, 0.25) is 0 Å². The Bertz CT molecular complexity index is 1180. The van der Waals surface area contributed by atoms with E-state index in [0.29, 0.717) is 18.2 Å². The molecular weight excluding hydrogens is 460 g/mol. The van der Waals surface area contributed by atoms with Gasteiger partial charge in [-0.3, -0.25) is 4.79 Å². The number of nitrogens with one attached hydrogen (secondary N) is 1. The molecule has 5 rings (SSSR count). The fraction of sp³-hybridized carbons (Fsp3) is 0.414. The van der Waals surface area contributed by atoms with E-state index in [1.54, 1.807) is 6.07 Å². The van der Waals surface area contributed by atoms with Gasteiger partial charge in [-0.2, -0.15) is 0 Å². The number of furan rings is 1. The number of amides is 1. The zero-order chi connectivity index (χ0) is 25.2. The van der Waals surface area contributed by atoms with Gasteiger partial charge < -0.3 is 19.5 Å². The summed E-state index contributed by atoms with van der Waals surface area (Å²) in [5.74, 6) is 1.00.